The van der Waals surface area contributed by atoms with Crippen molar-refractivity contribution in [3.63, 3.8) is 0 Å². The van der Waals surface area contributed by atoms with Crippen LogP contribution >= 0.6 is 34.4 Å². The molecule has 1 aromatic carbocycles. The molecule has 1 fully saturated rings. The van der Waals surface area contributed by atoms with E-state index in [4.69, 9.17) is 0 Å². The molecule has 1 aliphatic carbocycles. The molecular weight excluding hydrogens is 446 g/mol. The quantitative estimate of drug-likeness (QED) is 0.343. The van der Waals surface area contributed by atoms with Crippen LogP contribution in [0.3, 0.4) is 0 Å². The number of rotatable bonds is 8. The van der Waals surface area contributed by atoms with Crippen molar-refractivity contribution < 1.29 is 4.79 Å². The second kappa shape index (κ2) is 8.94. The predicted molar refractivity (Wildman–Crippen MR) is 127 cm³/mol. The molecule has 6 nitrogen and oxygen atoms in total. The van der Waals surface area contributed by atoms with E-state index in [1.807, 2.05) is 42.6 Å². The number of nitrogens with one attached hydrogen (secondary N) is 1. The minimum atomic E-state index is -0.0496. The molecule has 3 aromatic heterocycles. The van der Waals surface area contributed by atoms with Gasteiger partial charge in [-0.2, -0.15) is 0 Å². The van der Waals surface area contributed by atoms with Gasteiger partial charge in [0, 0.05) is 22.9 Å². The van der Waals surface area contributed by atoms with E-state index in [1.54, 1.807) is 23.1 Å². The van der Waals surface area contributed by atoms with Gasteiger partial charge in [0.15, 0.2) is 11.0 Å². The number of thioether (sulfide) groups is 1. The molecule has 31 heavy (non-hydrogen) atoms. The van der Waals surface area contributed by atoms with E-state index < -0.39 is 0 Å². The van der Waals surface area contributed by atoms with Crippen LogP contribution in [0.25, 0.3) is 10.7 Å². The Morgan fingerprint density at radius 3 is 2.77 bits per heavy atom. The maximum absolute atomic E-state index is 12.3. The standard InChI is InChI=1S/C22H21N5OS3/c1-14-4-6-15(7-5-14)23-19(28)11-20-24-16(12-30-20)13-31-22-26-25-21(18-3-2-10-29-18)27(22)17-8-9-17/h2-7,10,12,17H,8-9,11,13H2,1H3,(H,23,28). The first-order valence-electron chi connectivity index (χ1n) is 10.1. The Labute approximate surface area is 192 Å². The van der Waals surface area contributed by atoms with Gasteiger partial charge in [0.1, 0.15) is 5.01 Å². The number of thiophene rings is 1. The lowest BCUT2D eigenvalue weighted by molar-refractivity contribution is -0.115. The molecule has 9 heteroatoms. The van der Waals surface area contributed by atoms with Crippen LogP contribution < -0.4 is 5.32 Å². The molecule has 1 aliphatic rings. The fourth-order valence-electron chi connectivity index (χ4n) is 3.23. The zero-order chi connectivity index (χ0) is 21.2. The molecule has 0 radical (unpaired) electrons. The van der Waals surface area contributed by atoms with Crippen LogP contribution in [0.4, 0.5) is 5.69 Å². The number of hydrogen-bond donors (Lipinski definition) is 1. The maximum Gasteiger partial charge on any atom is 0.231 e. The van der Waals surface area contributed by atoms with Crippen molar-refractivity contribution in [2.24, 2.45) is 0 Å². The number of aryl methyl sites for hydroxylation is 1. The SMILES string of the molecule is Cc1ccc(NC(=O)Cc2nc(CSc3nnc(-c4cccs4)n3C3CC3)cs2)cc1. The van der Waals surface area contributed by atoms with Crippen molar-refractivity contribution >= 4 is 46.0 Å². The van der Waals surface area contributed by atoms with Crippen molar-refractivity contribution in [2.75, 3.05) is 5.32 Å². The van der Waals surface area contributed by atoms with Gasteiger partial charge in [-0.25, -0.2) is 4.98 Å². The zero-order valence-corrected chi connectivity index (χ0v) is 19.4. The van der Waals surface area contributed by atoms with Gasteiger partial charge >= 0.3 is 0 Å². The molecule has 0 saturated heterocycles. The summed E-state index contributed by atoms with van der Waals surface area (Å²) in [6.45, 7) is 2.02. The molecule has 1 amide bonds. The summed E-state index contributed by atoms with van der Waals surface area (Å²) >= 11 is 4.88. The van der Waals surface area contributed by atoms with Crippen molar-refractivity contribution in [3.8, 4) is 10.7 Å². The Morgan fingerprint density at radius 1 is 1.19 bits per heavy atom. The number of thiazole rings is 1. The first-order chi connectivity index (χ1) is 15.2. The summed E-state index contributed by atoms with van der Waals surface area (Å²) in [5.41, 5.74) is 2.94. The number of hydrogen-bond acceptors (Lipinski definition) is 7. The fraction of sp³-hybridized carbons (Fsp3) is 0.273. The van der Waals surface area contributed by atoms with Gasteiger partial charge < -0.3 is 5.32 Å². The molecule has 5 rings (SSSR count). The highest BCUT2D eigenvalue weighted by Crippen LogP contribution is 2.42. The molecule has 0 spiro atoms. The second-order valence-electron chi connectivity index (χ2n) is 7.50. The van der Waals surface area contributed by atoms with Crippen LogP contribution in [0.1, 0.15) is 35.1 Å². The lowest BCUT2D eigenvalue weighted by Gasteiger charge is -2.07. The lowest BCUT2D eigenvalue weighted by atomic mass is 10.2. The van der Waals surface area contributed by atoms with Gasteiger partial charge in [0.05, 0.1) is 17.0 Å². The smallest absolute Gasteiger partial charge is 0.231 e. The molecule has 0 unspecified atom stereocenters. The van der Waals surface area contributed by atoms with Gasteiger partial charge in [-0.1, -0.05) is 35.5 Å². The number of amides is 1. The third-order valence-corrected chi connectivity index (χ3v) is 7.65. The monoisotopic (exact) mass is 467 g/mol. The summed E-state index contributed by atoms with van der Waals surface area (Å²) in [5, 5.41) is 17.7. The highest BCUT2D eigenvalue weighted by atomic mass is 32.2. The van der Waals surface area contributed by atoms with E-state index >= 15 is 0 Å². The number of nitrogens with zero attached hydrogens (tertiary/aromatic N) is 4. The average molecular weight is 468 g/mol. The summed E-state index contributed by atoms with van der Waals surface area (Å²) in [6, 6.07) is 12.4. The van der Waals surface area contributed by atoms with Gasteiger partial charge in [-0.05, 0) is 43.3 Å². The highest BCUT2D eigenvalue weighted by molar-refractivity contribution is 7.98. The average Bonchev–Trinajstić information content (AvgIpc) is 3.15. The predicted octanol–water partition coefficient (Wildman–Crippen LogP) is 5.58. The fourth-order valence-corrected chi connectivity index (χ4v) is 5.73. The van der Waals surface area contributed by atoms with Crippen LogP contribution in [0.15, 0.2) is 52.3 Å². The molecule has 1 N–H and O–H groups in total. The van der Waals surface area contributed by atoms with Gasteiger partial charge in [0.2, 0.25) is 5.91 Å². The van der Waals surface area contributed by atoms with E-state index in [-0.39, 0.29) is 12.3 Å². The summed E-state index contributed by atoms with van der Waals surface area (Å²) in [4.78, 5) is 18.1. The van der Waals surface area contributed by atoms with Crippen molar-refractivity contribution in [1.29, 1.82) is 0 Å². The van der Waals surface area contributed by atoms with Crippen LogP contribution in [0.2, 0.25) is 0 Å². The third-order valence-electron chi connectivity index (χ3n) is 4.91. The van der Waals surface area contributed by atoms with E-state index in [9.17, 15) is 4.79 Å². The Hall–Kier alpha value is -2.49. The first kappa shape index (κ1) is 20.4. The summed E-state index contributed by atoms with van der Waals surface area (Å²) in [7, 11) is 0. The third kappa shape index (κ3) is 4.89. The maximum atomic E-state index is 12.3. The molecule has 1 saturated carbocycles. The highest BCUT2D eigenvalue weighted by Gasteiger charge is 2.30. The van der Waals surface area contributed by atoms with Crippen LogP contribution in [-0.2, 0) is 17.0 Å². The second-order valence-corrected chi connectivity index (χ2v) is 10.3. The molecular formula is C22H21N5OS3. The van der Waals surface area contributed by atoms with Crippen molar-refractivity contribution in [2.45, 2.75) is 43.1 Å². The Bertz CT molecular complexity index is 1180. The molecule has 4 aromatic rings. The minimum absolute atomic E-state index is 0.0496. The molecule has 0 bridgehead atoms. The van der Waals surface area contributed by atoms with Gasteiger partial charge in [-0.3, -0.25) is 9.36 Å². The van der Waals surface area contributed by atoms with Crippen molar-refractivity contribution in [3.05, 3.63) is 63.4 Å². The first-order valence-corrected chi connectivity index (χ1v) is 12.8. The Morgan fingerprint density at radius 2 is 2.03 bits per heavy atom. The topological polar surface area (TPSA) is 72.7 Å². The number of carbonyl (C=O) groups is 1. The van der Waals surface area contributed by atoms with Crippen LogP contribution in [-0.4, -0.2) is 25.7 Å². The van der Waals surface area contributed by atoms with E-state index in [0.29, 0.717) is 11.8 Å². The lowest BCUT2D eigenvalue weighted by Crippen LogP contribution is -2.14. The number of anilines is 1. The Balaban J connectivity index is 1.21. The zero-order valence-electron chi connectivity index (χ0n) is 16.9. The molecule has 3 heterocycles. The summed E-state index contributed by atoms with van der Waals surface area (Å²) in [6.07, 6.45) is 2.64. The van der Waals surface area contributed by atoms with Crippen LogP contribution in [0.5, 0.6) is 0 Å². The minimum Gasteiger partial charge on any atom is -0.326 e. The molecule has 158 valence electrons. The van der Waals surface area contributed by atoms with Gasteiger partial charge in [-0.15, -0.1) is 32.9 Å². The largest absolute Gasteiger partial charge is 0.326 e. The Kier molecular flexibility index (Phi) is 5.89. The van der Waals surface area contributed by atoms with Crippen molar-refractivity contribution in [1.82, 2.24) is 19.7 Å². The number of aromatic nitrogens is 4. The molecule has 0 atom stereocenters. The van der Waals surface area contributed by atoms with E-state index in [2.05, 4.69) is 36.5 Å². The van der Waals surface area contributed by atoms with Crippen LogP contribution in [0, 0.1) is 6.92 Å². The number of benzene rings is 1. The van der Waals surface area contributed by atoms with E-state index in [1.165, 1.54) is 29.7 Å². The summed E-state index contributed by atoms with van der Waals surface area (Å²) < 4.78 is 2.28. The van der Waals surface area contributed by atoms with E-state index in [0.717, 1.165) is 32.2 Å². The number of carbonyl (C=O) groups excluding carboxylic acids is 1. The summed E-state index contributed by atoms with van der Waals surface area (Å²) in [5.74, 6) is 1.63. The van der Waals surface area contributed by atoms with Gasteiger partial charge in [0.25, 0.3) is 0 Å². The molecule has 0 aliphatic heterocycles. The normalized spacial score (nSPS) is 13.5.